The van der Waals surface area contributed by atoms with Crippen LogP contribution in [0.4, 0.5) is 0 Å². The summed E-state index contributed by atoms with van der Waals surface area (Å²) in [5.74, 6) is 0. The highest BCUT2D eigenvalue weighted by Crippen LogP contribution is 2.25. The molecule has 3 nitrogen and oxygen atoms in total. The fraction of sp³-hybridized carbons (Fsp3) is 1.00. The molecule has 3 unspecified atom stereocenters. The highest BCUT2D eigenvalue weighted by Gasteiger charge is 2.31. The highest BCUT2D eigenvalue weighted by atomic mass is 16.3. The molecule has 14 heavy (non-hydrogen) atoms. The van der Waals surface area contributed by atoms with Crippen molar-refractivity contribution in [3.05, 3.63) is 0 Å². The van der Waals surface area contributed by atoms with E-state index in [1.807, 2.05) is 0 Å². The van der Waals surface area contributed by atoms with Crippen LogP contribution >= 0.6 is 0 Å². The maximum absolute atomic E-state index is 9.51. The summed E-state index contributed by atoms with van der Waals surface area (Å²) in [4.78, 5) is 4.99. The summed E-state index contributed by atoms with van der Waals surface area (Å²) in [6.07, 6.45) is 3.16. The van der Waals surface area contributed by atoms with Gasteiger partial charge in [0.25, 0.3) is 0 Å². The molecule has 0 radical (unpaired) electrons. The normalized spacial score (nSPS) is 41.8. The van der Waals surface area contributed by atoms with Gasteiger partial charge in [0, 0.05) is 31.7 Å². The van der Waals surface area contributed by atoms with Crippen LogP contribution in [-0.4, -0.2) is 59.8 Å². The number of aliphatic hydroxyl groups is 1. The number of likely N-dealkylation sites (N-methyl/N-ethyl adjacent to an activating group) is 1. The summed E-state index contributed by atoms with van der Waals surface area (Å²) < 4.78 is 0. The Morgan fingerprint density at radius 2 is 2.00 bits per heavy atom. The topological polar surface area (TPSA) is 26.7 Å². The second-order valence-corrected chi connectivity index (χ2v) is 4.95. The fourth-order valence-electron chi connectivity index (χ4n) is 2.67. The van der Waals surface area contributed by atoms with Crippen LogP contribution in [0.25, 0.3) is 0 Å². The molecule has 2 rings (SSSR count). The third-order valence-corrected chi connectivity index (χ3v) is 3.88. The number of hydrogen-bond donors (Lipinski definition) is 1. The molecule has 0 aromatic rings. The fourth-order valence-corrected chi connectivity index (χ4v) is 2.67. The first-order valence-electron chi connectivity index (χ1n) is 5.79. The Balaban J connectivity index is 1.87. The average molecular weight is 198 g/mol. The predicted molar refractivity (Wildman–Crippen MR) is 57.3 cm³/mol. The number of nitrogens with zero attached hydrogens (tertiary/aromatic N) is 2. The van der Waals surface area contributed by atoms with E-state index in [-0.39, 0.29) is 6.10 Å². The second kappa shape index (κ2) is 4.17. The van der Waals surface area contributed by atoms with Crippen LogP contribution in [0.5, 0.6) is 0 Å². The molecule has 3 atom stereocenters. The highest BCUT2D eigenvalue weighted by molar-refractivity contribution is 4.87. The molecule has 1 aliphatic carbocycles. The van der Waals surface area contributed by atoms with E-state index in [4.69, 9.17) is 0 Å². The van der Waals surface area contributed by atoms with E-state index in [2.05, 4.69) is 23.8 Å². The maximum atomic E-state index is 9.51. The largest absolute Gasteiger partial charge is 0.393 e. The van der Waals surface area contributed by atoms with Gasteiger partial charge in [-0.05, 0) is 33.2 Å². The standard InChI is InChI=1S/C11H22N2O/c1-9-8-13(6-5-12(9)2)10-3-4-11(14)7-10/h9-11,14H,3-8H2,1-2H3. The molecular formula is C11H22N2O. The Bertz CT molecular complexity index is 198. The predicted octanol–water partition coefficient (Wildman–Crippen LogP) is 0.536. The second-order valence-electron chi connectivity index (χ2n) is 4.95. The first-order valence-corrected chi connectivity index (χ1v) is 5.79. The van der Waals surface area contributed by atoms with Crippen LogP contribution in [0.1, 0.15) is 26.2 Å². The first-order chi connectivity index (χ1) is 6.66. The minimum absolute atomic E-state index is 0.0324. The van der Waals surface area contributed by atoms with Gasteiger partial charge >= 0.3 is 0 Å². The third-order valence-electron chi connectivity index (χ3n) is 3.88. The van der Waals surface area contributed by atoms with Gasteiger partial charge < -0.3 is 10.0 Å². The zero-order valence-corrected chi connectivity index (χ0v) is 9.32. The molecule has 82 valence electrons. The van der Waals surface area contributed by atoms with E-state index in [1.54, 1.807) is 0 Å². The summed E-state index contributed by atoms with van der Waals surface area (Å²) in [5.41, 5.74) is 0. The summed E-state index contributed by atoms with van der Waals surface area (Å²) in [6.45, 7) is 5.82. The lowest BCUT2D eigenvalue weighted by Gasteiger charge is -2.40. The molecule has 1 aliphatic heterocycles. The van der Waals surface area contributed by atoms with Crippen LogP contribution in [0.2, 0.25) is 0 Å². The Morgan fingerprint density at radius 3 is 2.57 bits per heavy atom. The molecule has 3 heteroatoms. The van der Waals surface area contributed by atoms with Gasteiger partial charge in [-0.1, -0.05) is 0 Å². The molecule has 1 N–H and O–H groups in total. The van der Waals surface area contributed by atoms with Crippen LogP contribution in [0, 0.1) is 0 Å². The van der Waals surface area contributed by atoms with E-state index in [0.29, 0.717) is 12.1 Å². The molecule has 1 saturated carbocycles. The molecule has 2 fully saturated rings. The van der Waals surface area contributed by atoms with E-state index in [1.165, 1.54) is 26.1 Å². The van der Waals surface area contributed by atoms with Crippen molar-refractivity contribution in [1.29, 1.82) is 0 Å². The SMILES string of the molecule is CC1CN(C2CCC(O)C2)CCN1C. The molecule has 0 aromatic carbocycles. The third kappa shape index (κ3) is 2.10. The van der Waals surface area contributed by atoms with Gasteiger partial charge in [-0.3, -0.25) is 4.90 Å². The number of aliphatic hydroxyl groups excluding tert-OH is 1. The van der Waals surface area contributed by atoms with Gasteiger partial charge in [0.2, 0.25) is 0 Å². The number of rotatable bonds is 1. The van der Waals surface area contributed by atoms with Crippen LogP contribution in [0.15, 0.2) is 0 Å². The molecule has 1 heterocycles. The van der Waals surface area contributed by atoms with Crippen molar-refractivity contribution in [2.75, 3.05) is 26.7 Å². The summed E-state index contributed by atoms with van der Waals surface area (Å²) >= 11 is 0. The molecular weight excluding hydrogens is 176 g/mol. The van der Waals surface area contributed by atoms with E-state index >= 15 is 0 Å². The van der Waals surface area contributed by atoms with E-state index < -0.39 is 0 Å². The van der Waals surface area contributed by atoms with Gasteiger partial charge in [-0.15, -0.1) is 0 Å². The zero-order valence-electron chi connectivity index (χ0n) is 9.32. The molecule has 0 spiro atoms. The molecule has 0 aromatic heterocycles. The Morgan fingerprint density at radius 1 is 1.21 bits per heavy atom. The Labute approximate surface area is 86.7 Å². The summed E-state index contributed by atoms with van der Waals surface area (Å²) in [6, 6.07) is 1.32. The van der Waals surface area contributed by atoms with E-state index in [9.17, 15) is 5.11 Å². The zero-order chi connectivity index (χ0) is 10.1. The van der Waals surface area contributed by atoms with Crippen molar-refractivity contribution in [2.45, 2.75) is 44.4 Å². The van der Waals surface area contributed by atoms with Crippen molar-refractivity contribution >= 4 is 0 Å². The van der Waals surface area contributed by atoms with Gasteiger partial charge in [0.15, 0.2) is 0 Å². The Kier molecular flexibility index (Phi) is 3.10. The molecule has 0 amide bonds. The molecule has 1 saturated heterocycles. The van der Waals surface area contributed by atoms with Crippen LogP contribution < -0.4 is 0 Å². The van der Waals surface area contributed by atoms with Crippen molar-refractivity contribution in [3.8, 4) is 0 Å². The Hall–Kier alpha value is -0.120. The average Bonchev–Trinajstić information content (AvgIpc) is 2.57. The maximum Gasteiger partial charge on any atom is 0.0555 e. The lowest BCUT2D eigenvalue weighted by Crippen LogP contribution is -2.52. The minimum atomic E-state index is -0.0324. The van der Waals surface area contributed by atoms with Crippen molar-refractivity contribution in [1.82, 2.24) is 9.80 Å². The van der Waals surface area contributed by atoms with E-state index in [0.717, 1.165) is 12.8 Å². The summed E-state index contributed by atoms with van der Waals surface area (Å²) in [5, 5.41) is 9.51. The smallest absolute Gasteiger partial charge is 0.0555 e. The monoisotopic (exact) mass is 198 g/mol. The molecule has 2 aliphatic rings. The van der Waals surface area contributed by atoms with Crippen LogP contribution in [-0.2, 0) is 0 Å². The first kappa shape index (κ1) is 10.4. The lowest BCUT2D eigenvalue weighted by atomic mass is 10.1. The van der Waals surface area contributed by atoms with Crippen molar-refractivity contribution < 1.29 is 5.11 Å². The minimum Gasteiger partial charge on any atom is -0.393 e. The van der Waals surface area contributed by atoms with Gasteiger partial charge in [0.05, 0.1) is 6.10 Å². The quantitative estimate of drug-likeness (QED) is 0.666. The summed E-state index contributed by atoms with van der Waals surface area (Å²) in [7, 11) is 2.20. The molecule has 0 bridgehead atoms. The van der Waals surface area contributed by atoms with Gasteiger partial charge in [-0.2, -0.15) is 0 Å². The van der Waals surface area contributed by atoms with Gasteiger partial charge in [-0.25, -0.2) is 0 Å². The van der Waals surface area contributed by atoms with Crippen molar-refractivity contribution in [2.24, 2.45) is 0 Å². The number of piperazine rings is 1. The lowest BCUT2D eigenvalue weighted by molar-refractivity contribution is 0.0674. The van der Waals surface area contributed by atoms with Crippen molar-refractivity contribution in [3.63, 3.8) is 0 Å². The van der Waals surface area contributed by atoms with Gasteiger partial charge in [0.1, 0.15) is 0 Å². The van der Waals surface area contributed by atoms with Crippen LogP contribution in [0.3, 0.4) is 0 Å². The number of hydrogen-bond acceptors (Lipinski definition) is 3.